The van der Waals surface area contributed by atoms with Gasteiger partial charge in [-0.2, -0.15) is 0 Å². The number of hydrogen-bond donors (Lipinski definition) is 0. The second-order valence-electron chi connectivity index (χ2n) is 8.87. The van der Waals surface area contributed by atoms with Gasteiger partial charge in [-0.25, -0.2) is 8.98 Å². The number of aromatic nitrogens is 1. The van der Waals surface area contributed by atoms with Crippen LogP contribution in [-0.4, -0.2) is 0 Å². The zero-order valence-electron chi connectivity index (χ0n) is 19.6. The number of aryl methyl sites for hydroxylation is 7. The molecule has 2 heterocycles. The number of hydrogen-bond acceptors (Lipinski definition) is 0. The third-order valence-electron chi connectivity index (χ3n) is 5.95. The molecule has 2 aromatic heterocycles. The smallest absolute Gasteiger partial charge is 0.208 e. The molecule has 0 unspecified atom stereocenters. The predicted molar refractivity (Wildman–Crippen MR) is 129 cm³/mol. The largest absolute Gasteiger partial charge is 0.361 e. The molecule has 0 saturated heterocycles. The van der Waals surface area contributed by atoms with Gasteiger partial charge in [0.2, 0.25) is 0 Å². The highest BCUT2D eigenvalue weighted by molar-refractivity contribution is 5.78. The number of benzene rings is 2. The van der Waals surface area contributed by atoms with Gasteiger partial charge in [0.15, 0.2) is 12.4 Å². The summed E-state index contributed by atoms with van der Waals surface area (Å²) >= 11 is 0. The number of rotatable bonds is 3. The van der Waals surface area contributed by atoms with Gasteiger partial charge in [-0.3, -0.25) is 0 Å². The van der Waals surface area contributed by atoms with Crippen molar-refractivity contribution in [3.8, 4) is 33.8 Å². The van der Waals surface area contributed by atoms with Crippen molar-refractivity contribution >= 4 is 0 Å². The Balaban J connectivity index is 2.02. The van der Waals surface area contributed by atoms with E-state index >= 15 is 0 Å². The summed E-state index contributed by atoms with van der Waals surface area (Å²) in [6, 6.07) is 17.6. The van der Waals surface area contributed by atoms with Gasteiger partial charge in [-0.15, -0.1) is 0 Å². The summed E-state index contributed by atoms with van der Waals surface area (Å²) < 4.78 is 8.69. The Labute approximate surface area is 185 Å². The molecular weight excluding hydrogens is 378 g/mol. The summed E-state index contributed by atoms with van der Waals surface area (Å²) in [6.07, 6.45) is 4.17. The van der Waals surface area contributed by atoms with Gasteiger partial charge in [0.1, 0.15) is 7.05 Å². The molecule has 2 nitrogen and oxygen atoms in total. The van der Waals surface area contributed by atoms with Crippen LogP contribution in [0, 0.1) is 41.5 Å². The molecule has 2 heteroatoms. The van der Waals surface area contributed by atoms with Crippen molar-refractivity contribution in [1.82, 2.24) is 0 Å². The summed E-state index contributed by atoms with van der Waals surface area (Å²) in [5.74, 6) is 1.82. The molecule has 4 rings (SSSR count). The molecule has 0 aliphatic rings. The molecule has 0 aliphatic heterocycles. The highest BCUT2D eigenvalue weighted by Crippen LogP contribution is 2.38. The van der Waals surface area contributed by atoms with E-state index in [-0.39, 0.29) is 0 Å². The monoisotopic (exact) mass is 409 g/mol. The van der Waals surface area contributed by atoms with E-state index in [1.165, 1.54) is 50.1 Å². The van der Waals surface area contributed by atoms with Gasteiger partial charge in [0.05, 0.1) is 23.3 Å². The molecule has 0 bridgehead atoms. The van der Waals surface area contributed by atoms with Crippen LogP contribution in [0.25, 0.3) is 33.8 Å². The van der Waals surface area contributed by atoms with E-state index in [9.17, 15) is 0 Å². The van der Waals surface area contributed by atoms with E-state index in [1.54, 1.807) is 0 Å². The Hall–Kier alpha value is -3.26. The molecule has 0 atom stereocenters. The van der Waals surface area contributed by atoms with Crippen molar-refractivity contribution in [3.05, 3.63) is 94.3 Å². The van der Waals surface area contributed by atoms with E-state index in [4.69, 9.17) is 4.42 Å². The van der Waals surface area contributed by atoms with Gasteiger partial charge in [0.25, 0.3) is 0 Å². The van der Waals surface area contributed by atoms with Gasteiger partial charge in [-0.1, -0.05) is 35.4 Å². The zero-order valence-corrected chi connectivity index (χ0v) is 19.6. The van der Waals surface area contributed by atoms with Crippen LogP contribution < -0.4 is 4.57 Å². The first kappa shape index (κ1) is 21.0. The van der Waals surface area contributed by atoms with Gasteiger partial charge in [-0.05, 0) is 69.4 Å². The van der Waals surface area contributed by atoms with E-state index < -0.39 is 0 Å². The van der Waals surface area contributed by atoms with E-state index in [0.717, 1.165) is 17.1 Å². The fraction of sp³-hybridized carbons (Fsp3) is 0.241. The van der Waals surface area contributed by atoms with Crippen molar-refractivity contribution in [3.63, 3.8) is 0 Å². The van der Waals surface area contributed by atoms with Gasteiger partial charge in [0, 0.05) is 17.7 Å². The number of pyridine rings is 1. The summed E-state index contributed by atoms with van der Waals surface area (Å²) in [5, 5.41) is 0. The lowest BCUT2D eigenvalue weighted by Crippen LogP contribution is -2.25. The molecule has 0 radical (unpaired) electrons. The van der Waals surface area contributed by atoms with Crippen molar-refractivity contribution < 1.29 is 8.98 Å². The van der Waals surface area contributed by atoms with Crippen molar-refractivity contribution in [1.29, 1.82) is 0 Å². The molecule has 2 aromatic carbocycles. The lowest BCUT2D eigenvalue weighted by molar-refractivity contribution is -0.671. The SMILES string of the molecule is Cc1cc(C)c(-c2cc(-c3cc[n+](C)cc3)cc(-c3c(C)cc(C)cc3C)[o+]2)c(C)c1. The average molecular weight is 410 g/mol. The second kappa shape index (κ2) is 8.11. The standard InChI is InChI=1S/C29H31NO/c1-18-12-20(3)28(21(4)13-18)26-16-25(24-8-10-30(7)11-9-24)17-27(31-26)29-22(5)14-19(2)15-23(29)6/h8-17H,1-7H3/q+2. The molecule has 156 valence electrons. The Kier molecular flexibility index (Phi) is 5.49. The maximum absolute atomic E-state index is 6.63. The van der Waals surface area contributed by atoms with Crippen LogP contribution in [0.4, 0.5) is 0 Å². The van der Waals surface area contributed by atoms with E-state index in [1.807, 2.05) is 7.05 Å². The topological polar surface area (TPSA) is 15.2 Å². The Morgan fingerprint density at radius 1 is 0.548 bits per heavy atom. The second-order valence-corrected chi connectivity index (χ2v) is 8.87. The molecule has 0 amide bonds. The Morgan fingerprint density at radius 2 is 0.935 bits per heavy atom. The maximum atomic E-state index is 6.63. The predicted octanol–water partition coefficient (Wildman–Crippen LogP) is 7.24. The normalized spacial score (nSPS) is 11.1. The summed E-state index contributed by atoms with van der Waals surface area (Å²) in [4.78, 5) is 0. The highest BCUT2D eigenvalue weighted by atomic mass is 16.3. The first-order chi connectivity index (χ1) is 14.7. The maximum Gasteiger partial charge on any atom is 0.361 e. The molecular formula is C29H31NO+2. The van der Waals surface area contributed by atoms with Gasteiger partial charge < -0.3 is 0 Å². The van der Waals surface area contributed by atoms with Crippen LogP contribution in [0.1, 0.15) is 33.4 Å². The first-order valence-corrected chi connectivity index (χ1v) is 10.8. The summed E-state index contributed by atoms with van der Waals surface area (Å²) in [6.45, 7) is 13.0. The lowest BCUT2D eigenvalue weighted by atomic mass is 9.94. The Morgan fingerprint density at radius 3 is 1.32 bits per heavy atom. The van der Waals surface area contributed by atoms with Crippen LogP contribution in [-0.2, 0) is 7.05 Å². The lowest BCUT2D eigenvalue weighted by Gasteiger charge is -2.09. The zero-order chi connectivity index (χ0) is 22.3. The van der Waals surface area contributed by atoms with E-state index in [2.05, 4.69) is 107 Å². The fourth-order valence-electron chi connectivity index (χ4n) is 4.75. The van der Waals surface area contributed by atoms with Crippen LogP contribution in [0.15, 0.2) is 65.3 Å². The minimum Gasteiger partial charge on any atom is -0.208 e. The quantitative estimate of drug-likeness (QED) is 0.257. The molecule has 0 saturated carbocycles. The average Bonchev–Trinajstić information content (AvgIpc) is 2.67. The minimum absolute atomic E-state index is 0.912. The molecule has 31 heavy (non-hydrogen) atoms. The van der Waals surface area contributed by atoms with Crippen molar-refractivity contribution in [2.75, 3.05) is 0 Å². The first-order valence-electron chi connectivity index (χ1n) is 10.8. The van der Waals surface area contributed by atoms with Crippen LogP contribution in [0.5, 0.6) is 0 Å². The van der Waals surface area contributed by atoms with Crippen molar-refractivity contribution in [2.24, 2.45) is 7.05 Å². The van der Waals surface area contributed by atoms with Crippen LogP contribution in [0.3, 0.4) is 0 Å². The number of nitrogens with zero attached hydrogens (tertiary/aromatic N) is 1. The van der Waals surface area contributed by atoms with Crippen LogP contribution in [0.2, 0.25) is 0 Å². The van der Waals surface area contributed by atoms with Crippen LogP contribution >= 0.6 is 0 Å². The fourth-order valence-corrected chi connectivity index (χ4v) is 4.75. The van der Waals surface area contributed by atoms with Gasteiger partial charge >= 0.3 is 11.5 Å². The minimum atomic E-state index is 0.912. The third-order valence-corrected chi connectivity index (χ3v) is 5.95. The molecule has 0 spiro atoms. The summed E-state index contributed by atoms with van der Waals surface area (Å²) in [7, 11) is 2.04. The molecule has 4 aromatic rings. The van der Waals surface area contributed by atoms with E-state index in [0.29, 0.717) is 0 Å². The van der Waals surface area contributed by atoms with Crippen molar-refractivity contribution in [2.45, 2.75) is 41.5 Å². The molecule has 0 fully saturated rings. The molecule has 0 aliphatic carbocycles. The third kappa shape index (κ3) is 4.16. The molecule has 0 N–H and O–H groups in total. The highest BCUT2D eigenvalue weighted by Gasteiger charge is 2.25. The summed E-state index contributed by atoms with van der Waals surface area (Å²) in [5.41, 5.74) is 12.2. The Bertz CT molecular complexity index is 1160.